The molecule has 0 rings (SSSR count). The average Bonchev–Trinajstić information content (AvgIpc) is 0. The van der Waals surface area contributed by atoms with Gasteiger partial charge in [-0.15, -0.1) is 0 Å². The fourth-order valence-corrected chi connectivity index (χ4v) is 0. The molecular weight excluding hydrogens is 330 g/mol. The minimum atomic E-state index is 0. The summed E-state index contributed by atoms with van der Waals surface area (Å²) >= 11 is 0. The molecular formula is H9AlCaMgMnSnZn. The molecule has 0 saturated carbocycles. The molecule has 0 fully saturated rings. The first kappa shape index (κ1) is 46.8. The third-order valence-electron chi connectivity index (χ3n) is 0. The van der Waals surface area contributed by atoms with E-state index >= 15 is 0 Å². The fraction of sp³-hybridized carbons (Fsp3) is 0. The molecule has 0 atom stereocenters. The standard InChI is InChI=1S/Al.Ca.Mg.Mn.Sn.Zn.9H/q;2*+2;;;;;;;;;4*-1. The summed E-state index contributed by atoms with van der Waals surface area (Å²) in [6.07, 6.45) is 0. The first-order chi connectivity index (χ1) is 0. The van der Waals surface area contributed by atoms with Crippen LogP contribution in [0.25, 0.3) is 0 Å². The summed E-state index contributed by atoms with van der Waals surface area (Å²) in [6, 6.07) is 0. The zero-order valence-corrected chi connectivity index (χ0v) is 15.0. The van der Waals surface area contributed by atoms with Crippen molar-refractivity contribution in [3.8, 4) is 0 Å². The van der Waals surface area contributed by atoms with E-state index in [-0.39, 0.29) is 144 Å². The van der Waals surface area contributed by atoms with Crippen molar-refractivity contribution in [2.24, 2.45) is 0 Å². The van der Waals surface area contributed by atoms with E-state index < -0.39 is 0 Å². The van der Waals surface area contributed by atoms with E-state index in [4.69, 9.17) is 0 Å². The SMILES string of the molecule is [AlH3].[Ca+2].[H-].[H-].[H-].[H-].[Mg+2].[Mn].[SnH2].[Zn]. The minimum absolute atomic E-state index is 0. The molecule has 6 heavy (non-hydrogen) atoms. The zero-order valence-electron chi connectivity index (χ0n) is 7.21. The smallest absolute Gasteiger partial charge is 0 e. The summed E-state index contributed by atoms with van der Waals surface area (Å²) in [5, 5.41) is 0. The maximum absolute atomic E-state index is 0. The monoisotopic (exact) mass is 339 g/mol. The summed E-state index contributed by atoms with van der Waals surface area (Å²) in [4.78, 5) is 0. The largest absolute Gasteiger partial charge is 0 e. The molecule has 29 valence electrons. The van der Waals surface area contributed by atoms with E-state index in [1.807, 2.05) is 0 Å². The molecule has 0 amide bonds. The molecule has 6 heteroatoms. The van der Waals surface area contributed by atoms with Crippen molar-refractivity contribution in [3.63, 3.8) is 0 Å². The molecule has 0 aliphatic heterocycles. The Bertz CT molecular complexity index is 25.2. The molecule has 0 aromatic rings. The summed E-state index contributed by atoms with van der Waals surface area (Å²) in [5.41, 5.74) is 0. The maximum Gasteiger partial charge on any atom is 0 e. The Kier molecular flexibility index (Phi) is 264. The summed E-state index contributed by atoms with van der Waals surface area (Å²) in [5.74, 6) is 0. The molecule has 0 saturated heterocycles. The van der Waals surface area contributed by atoms with Gasteiger partial charge in [0.1, 0.15) is 0 Å². The van der Waals surface area contributed by atoms with Gasteiger partial charge in [0.15, 0.2) is 17.4 Å². The average molecular weight is 339 g/mol. The molecule has 0 aromatic heterocycles. The van der Waals surface area contributed by atoms with Crippen LogP contribution in [0.15, 0.2) is 0 Å². The summed E-state index contributed by atoms with van der Waals surface area (Å²) in [7, 11) is 0. The van der Waals surface area contributed by atoms with Gasteiger partial charge in [-0.05, 0) is 0 Å². The Balaban J connectivity index is 0. The Labute approximate surface area is 141 Å². The van der Waals surface area contributed by atoms with E-state index in [2.05, 4.69) is 0 Å². The Morgan fingerprint density at radius 1 is 1.17 bits per heavy atom. The van der Waals surface area contributed by atoms with Crippen molar-refractivity contribution >= 4 is 102 Å². The molecule has 0 nitrogen and oxygen atoms in total. The van der Waals surface area contributed by atoms with E-state index in [1.54, 1.807) is 0 Å². The minimum Gasteiger partial charge on any atom is 0 e. The van der Waals surface area contributed by atoms with Gasteiger partial charge in [0.05, 0.1) is 0 Å². The normalized spacial score (nSPS) is 0. The second-order valence-corrected chi connectivity index (χ2v) is 0. The second kappa shape index (κ2) is 33.9. The third-order valence-corrected chi connectivity index (χ3v) is 0. The molecule has 0 bridgehead atoms. The topological polar surface area (TPSA) is 0 Å². The van der Waals surface area contributed by atoms with Gasteiger partial charge in [0.25, 0.3) is 0 Å². The van der Waals surface area contributed by atoms with Crippen molar-refractivity contribution in [3.05, 3.63) is 0 Å². The van der Waals surface area contributed by atoms with Crippen LogP contribution in [0.5, 0.6) is 0 Å². The Morgan fingerprint density at radius 3 is 1.17 bits per heavy atom. The van der Waals surface area contributed by atoms with Crippen LogP contribution in [0.2, 0.25) is 0 Å². The van der Waals surface area contributed by atoms with Gasteiger partial charge >= 0.3 is 84.7 Å². The van der Waals surface area contributed by atoms with Crippen LogP contribution in [0.4, 0.5) is 0 Å². The van der Waals surface area contributed by atoms with Crippen LogP contribution in [0, 0.1) is 0 Å². The molecule has 0 aliphatic carbocycles. The Morgan fingerprint density at radius 2 is 1.17 bits per heavy atom. The number of hydrogen-bond acceptors (Lipinski definition) is 0. The quantitative estimate of drug-likeness (QED) is 0.431. The van der Waals surface area contributed by atoms with Crippen LogP contribution in [0.1, 0.15) is 5.71 Å². The first-order valence-electron chi connectivity index (χ1n) is 0. The fourth-order valence-electron chi connectivity index (χ4n) is 0. The van der Waals surface area contributed by atoms with Gasteiger partial charge in [0.2, 0.25) is 0 Å². The third kappa shape index (κ3) is 23.6. The van der Waals surface area contributed by atoms with Crippen LogP contribution >= 0.6 is 0 Å². The van der Waals surface area contributed by atoms with Crippen LogP contribution < -0.4 is 0 Å². The van der Waals surface area contributed by atoms with Crippen molar-refractivity contribution < 1.29 is 42.3 Å². The number of hydrogen-bond donors (Lipinski definition) is 0. The predicted molar refractivity (Wildman–Crippen MR) is 34.4 cm³/mol. The molecule has 0 unspecified atom stereocenters. The first-order valence-corrected chi connectivity index (χ1v) is 0. The molecule has 0 heterocycles. The predicted octanol–water partition coefficient (Wildman–Crippen LogP) is -2.42. The molecule has 0 spiro atoms. The van der Waals surface area contributed by atoms with E-state index in [0.29, 0.717) is 0 Å². The van der Waals surface area contributed by atoms with Crippen LogP contribution in [-0.4, -0.2) is 102 Å². The van der Waals surface area contributed by atoms with E-state index in [0.717, 1.165) is 0 Å². The number of rotatable bonds is 0. The van der Waals surface area contributed by atoms with Gasteiger partial charge < -0.3 is 5.71 Å². The van der Waals surface area contributed by atoms with Crippen molar-refractivity contribution in [2.75, 3.05) is 0 Å². The van der Waals surface area contributed by atoms with E-state index in [1.165, 1.54) is 0 Å². The molecule has 3 radical (unpaired) electrons. The van der Waals surface area contributed by atoms with E-state index in [9.17, 15) is 0 Å². The Hall–Kier alpha value is 4.50. The van der Waals surface area contributed by atoms with Crippen LogP contribution in [0.3, 0.4) is 0 Å². The molecule has 0 aliphatic rings. The second-order valence-electron chi connectivity index (χ2n) is 0. The molecule has 0 aromatic carbocycles. The van der Waals surface area contributed by atoms with Crippen molar-refractivity contribution in [1.82, 2.24) is 0 Å². The zero-order chi connectivity index (χ0) is 0. The van der Waals surface area contributed by atoms with Crippen LogP contribution in [-0.2, 0) is 36.5 Å². The summed E-state index contributed by atoms with van der Waals surface area (Å²) in [6.45, 7) is 0. The van der Waals surface area contributed by atoms with Gasteiger partial charge in [-0.25, -0.2) is 0 Å². The van der Waals surface area contributed by atoms with Crippen molar-refractivity contribution in [2.45, 2.75) is 0 Å². The summed E-state index contributed by atoms with van der Waals surface area (Å²) < 4.78 is 0. The molecule has 0 N–H and O–H groups in total. The maximum atomic E-state index is 0. The van der Waals surface area contributed by atoms with Gasteiger partial charge in [-0.1, -0.05) is 0 Å². The van der Waals surface area contributed by atoms with Gasteiger partial charge in [-0.2, -0.15) is 0 Å². The van der Waals surface area contributed by atoms with Gasteiger partial charge in [0, 0.05) is 36.5 Å². The van der Waals surface area contributed by atoms with Gasteiger partial charge in [-0.3, -0.25) is 0 Å². The van der Waals surface area contributed by atoms with Crippen molar-refractivity contribution in [1.29, 1.82) is 0 Å².